The summed E-state index contributed by atoms with van der Waals surface area (Å²) in [5, 5.41) is 0. The normalized spacial score (nSPS) is 15.1. The van der Waals surface area contributed by atoms with Crippen molar-refractivity contribution >= 4 is 17.5 Å². The average molecular weight is 380 g/mol. The fourth-order valence-corrected chi connectivity index (χ4v) is 4.10. The molecule has 0 saturated carbocycles. The van der Waals surface area contributed by atoms with E-state index in [1.807, 2.05) is 35.2 Å². The fourth-order valence-electron chi connectivity index (χ4n) is 4.10. The van der Waals surface area contributed by atoms with Crippen LogP contribution in [-0.4, -0.2) is 44.0 Å². The number of hydrogen-bond acceptors (Lipinski definition) is 4. The van der Waals surface area contributed by atoms with Crippen LogP contribution in [0.25, 0.3) is 0 Å². The lowest BCUT2D eigenvalue weighted by Crippen LogP contribution is -2.36. The minimum absolute atomic E-state index is 0.0181. The maximum Gasteiger partial charge on any atom is 0.254 e. The molecule has 2 amide bonds. The van der Waals surface area contributed by atoms with Gasteiger partial charge in [0.2, 0.25) is 5.91 Å². The van der Waals surface area contributed by atoms with E-state index in [0.717, 1.165) is 35.4 Å². The van der Waals surface area contributed by atoms with Crippen molar-refractivity contribution in [3.8, 4) is 11.5 Å². The first-order valence-corrected chi connectivity index (χ1v) is 9.46. The molecule has 0 fully saturated rings. The molecule has 28 heavy (non-hydrogen) atoms. The summed E-state index contributed by atoms with van der Waals surface area (Å²) in [7, 11) is 3.24. The first kappa shape index (κ1) is 18.3. The third kappa shape index (κ3) is 3.09. The van der Waals surface area contributed by atoms with Crippen LogP contribution in [0.3, 0.4) is 0 Å². The molecule has 6 heteroatoms. The number of rotatable bonds is 3. The molecular weight excluding hydrogens is 356 g/mol. The van der Waals surface area contributed by atoms with Crippen LogP contribution in [0.5, 0.6) is 11.5 Å². The summed E-state index contributed by atoms with van der Waals surface area (Å²) in [6, 6.07) is 9.61. The molecule has 0 bridgehead atoms. The second kappa shape index (κ2) is 7.19. The van der Waals surface area contributed by atoms with E-state index in [9.17, 15) is 9.59 Å². The number of carbonyl (C=O) groups excluding carboxylic acids is 2. The van der Waals surface area contributed by atoms with Gasteiger partial charge in [-0.25, -0.2) is 0 Å². The van der Waals surface area contributed by atoms with E-state index >= 15 is 0 Å². The summed E-state index contributed by atoms with van der Waals surface area (Å²) >= 11 is 0. The van der Waals surface area contributed by atoms with Gasteiger partial charge in [0, 0.05) is 37.8 Å². The molecule has 0 N–H and O–H groups in total. The number of fused-ring (bicyclic) bond motifs is 2. The van der Waals surface area contributed by atoms with E-state index in [0.29, 0.717) is 30.9 Å². The molecule has 0 radical (unpaired) electrons. The van der Waals surface area contributed by atoms with Crippen molar-refractivity contribution in [2.24, 2.45) is 0 Å². The molecule has 4 rings (SSSR count). The van der Waals surface area contributed by atoms with Crippen LogP contribution >= 0.6 is 0 Å². The quantitative estimate of drug-likeness (QED) is 0.822. The van der Waals surface area contributed by atoms with Crippen molar-refractivity contribution in [2.75, 3.05) is 32.2 Å². The predicted octanol–water partition coefficient (Wildman–Crippen LogP) is 2.81. The molecule has 6 nitrogen and oxygen atoms in total. The van der Waals surface area contributed by atoms with E-state index in [2.05, 4.69) is 0 Å². The van der Waals surface area contributed by atoms with Crippen molar-refractivity contribution in [3.63, 3.8) is 0 Å². The summed E-state index contributed by atoms with van der Waals surface area (Å²) in [6.45, 7) is 3.47. The monoisotopic (exact) mass is 380 g/mol. The van der Waals surface area contributed by atoms with Crippen LogP contribution in [0.15, 0.2) is 30.3 Å². The molecule has 0 atom stereocenters. The Balaban J connectivity index is 1.57. The van der Waals surface area contributed by atoms with Crippen LogP contribution in [0.4, 0.5) is 5.69 Å². The maximum absolute atomic E-state index is 13.1. The van der Waals surface area contributed by atoms with Gasteiger partial charge in [0.1, 0.15) is 0 Å². The summed E-state index contributed by atoms with van der Waals surface area (Å²) in [5.74, 6) is 1.45. The van der Waals surface area contributed by atoms with Gasteiger partial charge in [0.05, 0.1) is 14.2 Å². The second-order valence-electron chi connectivity index (χ2n) is 7.22. The smallest absolute Gasteiger partial charge is 0.254 e. The second-order valence-corrected chi connectivity index (χ2v) is 7.22. The highest BCUT2D eigenvalue weighted by Gasteiger charge is 2.27. The van der Waals surface area contributed by atoms with E-state index in [-0.39, 0.29) is 11.8 Å². The molecule has 0 spiro atoms. The maximum atomic E-state index is 13.1. The number of ether oxygens (including phenoxy) is 2. The van der Waals surface area contributed by atoms with Gasteiger partial charge >= 0.3 is 0 Å². The predicted molar refractivity (Wildman–Crippen MR) is 106 cm³/mol. The molecular formula is C22H24N2O4. The lowest BCUT2D eigenvalue weighted by atomic mass is 9.98. The molecule has 2 aliphatic heterocycles. The summed E-state index contributed by atoms with van der Waals surface area (Å²) in [6.07, 6.45) is 1.57. The van der Waals surface area contributed by atoms with Crippen molar-refractivity contribution in [1.29, 1.82) is 0 Å². The van der Waals surface area contributed by atoms with Crippen LogP contribution in [0, 0.1) is 0 Å². The largest absolute Gasteiger partial charge is 0.493 e. The topological polar surface area (TPSA) is 59.1 Å². The van der Waals surface area contributed by atoms with E-state index < -0.39 is 0 Å². The van der Waals surface area contributed by atoms with Crippen LogP contribution in [0.2, 0.25) is 0 Å². The Kier molecular flexibility index (Phi) is 4.71. The van der Waals surface area contributed by atoms with Gasteiger partial charge in [0.15, 0.2) is 11.5 Å². The van der Waals surface area contributed by atoms with Gasteiger partial charge in [0.25, 0.3) is 5.91 Å². The lowest BCUT2D eigenvalue weighted by molar-refractivity contribution is -0.116. The number of nitrogens with zero attached hydrogens (tertiary/aromatic N) is 2. The Morgan fingerprint density at radius 1 is 0.893 bits per heavy atom. The minimum Gasteiger partial charge on any atom is -0.493 e. The van der Waals surface area contributed by atoms with Gasteiger partial charge in [-0.3, -0.25) is 9.59 Å². The molecule has 0 aliphatic carbocycles. The summed E-state index contributed by atoms with van der Waals surface area (Å²) in [4.78, 5) is 28.4. The standard InChI is InChI=1S/C22H24N2O4/c1-14(25)24-9-7-16-10-17(4-5-19(16)24)22(26)23-8-6-15-11-20(27-2)21(28-3)12-18(15)13-23/h4-5,10-12H,6-9,13H2,1-3H3. The van der Waals surface area contributed by atoms with Gasteiger partial charge in [-0.05, 0) is 59.9 Å². The van der Waals surface area contributed by atoms with Gasteiger partial charge in [-0.1, -0.05) is 0 Å². The van der Waals surface area contributed by atoms with Crippen molar-refractivity contribution in [2.45, 2.75) is 26.3 Å². The Bertz CT molecular complexity index is 954. The number of amides is 2. The Morgan fingerprint density at radius 2 is 1.57 bits per heavy atom. The third-order valence-corrected chi connectivity index (χ3v) is 5.61. The zero-order valence-corrected chi connectivity index (χ0v) is 16.4. The van der Waals surface area contributed by atoms with E-state index in [4.69, 9.17) is 9.47 Å². The van der Waals surface area contributed by atoms with E-state index in [1.165, 1.54) is 5.56 Å². The van der Waals surface area contributed by atoms with Crippen LogP contribution in [0.1, 0.15) is 34.0 Å². The van der Waals surface area contributed by atoms with Crippen LogP contribution < -0.4 is 14.4 Å². The van der Waals surface area contributed by atoms with Gasteiger partial charge < -0.3 is 19.3 Å². The molecule has 2 aromatic carbocycles. The number of anilines is 1. The molecule has 0 aromatic heterocycles. The Hall–Kier alpha value is -3.02. The summed E-state index contributed by atoms with van der Waals surface area (Å²) < 4.78 is 10.8. The first-order chi connectivity index (χ1) is 13.5. The number of carbonyl (C=O) groups is 2. The average Bonchev–Trinajstić information content (AvgIpc) is 3.15. The molecule has 2 aromatic rings. The van der Waals surface area contributed by atoms with Gasteiger partial charge in [-0.15, -0.1) is 0 Å². The zero-order chi connectivity index (χ0) is 19.8. The Labute approximate surface area is 164 Å². The summed E-state index contributed by atoms with van der Waals surface area (Å²) in [5.41, 5.74) is 4.93. The van der Waals surface area contributed by atoms with Crippen LogP contribution in [-0.2, 0) is 24.2 Å². The third-order valence-electron chi connectivity index (χ3n) is 5.61. The SMILES string of the molecule is COc1cc2c(cc1OC)CN(C(=O)c1ccc3c(c1)CCN3C(C)=O)CC2. The highest BCUT2D eigenvalue weighted by atomic mass is 16.5. The Morgan fingerprint density at radius 3 is 2.25 bits per heavy atom. The highest BCUT2D eigenvalue weighted by molar-refractivity contribution is 5.98. The molecule has 2 aliphatic rings. The van der Waals surface area contributed by atoms with Gasteiger partial charge in [-0.2, -0.15) is 0 Å². The number of hydrogen-bond donors (Lipinski definition) is 0. The molecule has 146 valence electrons. The number of methoxy groups -OCH3 is 2. The lowest BCUT2D eigenvalue weighted by Gasteiger charge is -2.30. The molecule has 0 saturated heterocycles. The highest BCUT2D eigenvalue weighted by Crippen LogP contribution is 2.34. The van der Waals surface area contributed by atoms with Crippen molar-refractivity contribution in [3.05, 3.63) is 52.6 Å². The first-order valence-electron chi connectivity index (χ1n) is 9.46. The number of benzene rings is 2. The van der Waals surface area contributed by atoms with E-state index in [1.54, 1.807) is 26.0 Å². The van der Waals surface area contributed by atoms with Crippen molar-refractivity contribution < 1.29 is 19.1 Å². The minimum atomic E-state index is 0.0181. The van der Waals surface area contributed by atoms with Crippen molar-refractivity contribution in [1.82, 2.24) is 4.90 Å². The fraction of sp³-hybridized carbons (Fsp3) is 0.364. The molecule has 0 unspecified atom stereocenters. The zero-order valence-electron chi connectivity index (χ0n) is 16.4. The molecule has 2 heterocycles.